The number of nitrogens with zero attached hydrogens (tertiary/aromatic N) is 1. The second-order valence-corrected chi connectivity index (χ2v) is 4.53. The molecule has 2 N–H and O–H groups in total. The molecule has 1 aromatic rings. The second-order valence-electron chi connectivity index (χ2n) is 3.71. The molecule has 0 aromatic carbocycles. The van der Waals surface area contributed by atoms with Gasteiger partial charge >= 0.3 is 0 Å². The Morgan fingerprint density at radius 3 is 2.40 bits per heavy atom. The molecule has 8 heteroatoms. The molecular weight excluding hydrogens is 311 g/mol. The average molecular weight is 322 g/mol. The summed E-state index contributed by atoms with van der Waals surface area (Å²) in [6.07, 6.45) is -0.0409. The Hall–Kier alpha value is -1.53. The lowest BCUT2D eigenvalue weighted by atomic mass is 10.0. The van der Waals surface area contributed by atoms with Gasteiger partial charge in [-0.25, -0.2) is 8.78 Å². The number of hydrogen-bond donors (Lipinski definition) is 2. The minimum Gasteiger partial charge on any atom is -0.387 e. The second kappa shape index (κ2) is 7.31. The van der Waals surface area contributed by atoms with Crippen molar-refractivity contribution in [3.8, 4) is 0 Å². The van der Waals surface area contributed by atoms with Crippen LogP contribution in [-0.4, -0.2) is 30.5 Å². The quantitative estimate of drug-likeness (QED) is 0.623. The van der Waals surface area contributed by atoms with Crippen LogP contribution in [0.3, 0.4) is 0 Å². The number of carbonyl (C=O) groups is 1. The number of alkyl halides is 2. The van der Waals surface area contributed by atoms with Crippen LogP contribution in [0.4, 0.5) is 8.78 Å². The normalized spacial score (nSPS) is 12.1. The molecule has 0 bridgehead atoms. The molecule has 4 nitrogen and oxygen atoms in total. The van der Waals surface area contributed by atoms with Crippen molar-refractivity contribution in [2.75, 3.05) is 7.05 Å². The third-order valence-electron chi connectivity index (χ3n) is 2.49. The maximum absolute atomic E-state index is 12.8. The molecule has 0 fully saturated rings. The number of Topliss-reactive ketones (excluding diaryl/α,β-unsaturated/α-hetero) is 1. The number of nitrogens with one attached hydrogen (secondary N) is 2. The summed E-state index contributed by atoms with van der Waals surface area (Å²) >= 11 is 11.6. The van der Waals surface area contributed by atoms with Crippen LogP contribution >= 0.6 is 23.2 Å². The van der Waals surface area contributed by atoms with Gasteiger partial charge in [-0.1, -0.05) is 23.2 Å². The van der Waals surface area contributed by atoms with E-state index in [1.807, 2.05) is 0 Å². The smallest absolute Gasteiger partial charge is 0.278 e. The van der Waals surface area contributed by atoms with Crippen molar-refractivity contribution in [1.29, 1.82) is 5.41 Å². The molecule has 20 heavy (non-hydrogen) atoms. The Labute approximate surface area is 124 Å². The minimum atomic E-state index is -2.81. The minimum absolute atomic E-state index is 0.00685. The molecular formula is C12H11Cl2F2N3O. The molecule has 0 atom stereocenters. The van der Waals surface area contributed by atoms with Gasteiger partial charge in [0.05, 0.1) is 21.3 Å². The number of halogens is 4. The van der Waals surface area contributed by atoms with E-state index in [9.17, 15) is 13.6 Å². The van der Waals surface area contributed by atoms with Crippen LogP contribution in [0.15, 0.2) is 23.7 Å². The number of carbonyl (C=O) groups excluding carboxylic acids is 1. The molecule has 0 radical (unpaired) electrons. The van der Waals surface area contributed by atoms with Crippen molar-refractivity contribution in [2.24, 2.45) is 0 Å². The maximum Gasteiger partial charge on any atom is 0.278 e. The SMILES string of the molecule is CN/C(=C(\C=N)CC(=O)c1c(Cl)cncc1Cl)C(F)F. The van der Waals surface area contributed by atoms with Gasteiger partial charge < -0.3 is 10.7 Å². The molecule has 0 amide bonds. The molecule has 0 unspecified atom stereocenters. The number of rotatable bonds is 6. The summed E-state index contributed by atoms with van der Waals surface area (Å²) in [5.41, 5.74) is -0.599. The fourth-order valence-electron chi connectivity index (χ4n) is 1.57. The summed E-state index contributed by atoms with van der Waals surface area (Å²) in [6.45, 7) is 0. The molecule has 0 aliphatic rings. The predicted octanol–water partition coefficient (Wildman–Crippen LogP) is 3.35. The summed E-state index contributed by atoms with van der Waals surface area (Å²) in [5.74, 6) is -0.561. The fourth-order valence-corrected chi connectivity index (χ4v) is 2.15. The van der Waals surface area contributed by atoms with E-state index < -0.39 is 24.3 Å². The first-order valence-corrected chi connectivity index (χ1v) is 6.19. The predicted molar refractivity (Wildman–Crippen MR) is 74.1 cm³/mol. The first-order chi connectivity index (χ1) is 9.42. The van der Waals surface area contributed by atoms with Gasteiger partial charge in [0.25, 0.3) is 6.43 Å². The van der Waals surface area contributed by atoms with E-state index in [0.29, 0.717) is 6.21 Å². The highest BCUT2D eigenvalue weighted by Gasteiger charge is 2.20. The Kier molecular flexibility index (Phi) is 6.04. The Morgan fingerprint density at radius 1 is 1.45 bits per heavy atom. The monoisotopic (exact) mass is 321 g/mol. The van der Waals surface area contributed by atoms with Gasteiger partial charge in [0.1, 0.15) is 0 Å². The van der Waals surface area contributed by atoms with Crippen LogP contribution in [0.5, 0.6) is 0 Å². The number of ketones is 1. The van der Waals surface area contributed by atoms with Gasteiger partial charge in [-0.05, 0) is 0 Å². The Morgan fingerprint density at radius 2 is 2.00 bits per heavy atom. The van der Waals surface area contributed by atoms with Crippen molar-refractivity contribution in [3.05, 3.63) is 39.3 Å². The van der Waals surface area contributed by atoms with Crippen molar-refractivity contribution in [3.63, 3.8) is 0 Å². The third-order valence-corrected chi connectivity index (χ3v) is 3.06. The van der Waals surface area contributed by atoms with E-state index in [4.69, 9.17) is 28.6 Å². The highest BCUT2D eigenvalue weighted by Crippen LogP contribution is 2.26. The third kappa shape index (κ3) is 3.74. The molecule has 0 aliphatic carbocycles. The van der Waals surface area contributed by atoms with Crippen molar-refractivity contribution in [2.45, 2.75) is 12.8 Å². The van der Waals surface area contributed by atoms with Gasteiger partial charge in [-0.15, -0.1) is 0 Å². The van der Waals surface area contributed by atoms with Crippen LogP contribution in [0.25, 0.3) is 0 Å². The molecule has 0 aliphatic heterocycles. The summed E-state index contributed by atoms with van der Waals surface area (Å²) < 4.78 is 25.5. The van der Waals surface area contributed by atoms with E-state index in [2.05, 4.69) is 10.3 Å². The zero-order valence-electron chi connectivity index (χ0n) is 10.4. The lowest BCUT2D eigenvalue weighted by molar-refractivity contribution is 0.0993. The Bertz CT molecular complexity index is 541. The van der Waals surface area contributed by atoms with Crippen LogP contribution < -0.4 is 5.32 Å². The lowest BCUT2D eigenvalue weighted by Gasteiger charge is -2.11. The lowest BCUT2D eigenvalue weighted by Crippen LogP contribution is -2.19. The largest absolute Gasteiger partial charge is 0.387 e. The fraction of sp³-hybridized carbons (Fsp3) is 0.250. The molecule has 1 rings (SSSR count). The standard InChI is InChI=1S/C12H11Cl2F2N3O/c1-18-11(12(15)16)6(3-17)2-9(20)10-7(13)4-19-5-8(10)14/h3-5,12,17-18H,2H2,1H3/b11-6-,17-3?. The van der Waals surface area contributed by atoms with Gasteiger partial charge in [0, 0.05) is 37.6 Å². The van der Waals surface area contributed by atoms with E-state index in [0.717, 1.165) is 0 Å². The summed E-state index contributed by atoms with van der Waals surface area (Å²) in [7, 11) is 1.29. The zero-order chi connectivity index (χ0) is 15.3. The van der Waals surface area contributed by atoms with Gasteiger partial charge in [0.2, 0.25) is 0 Å². The number of aromatic nitrogens is 1. The van der Waals surface area contributed by atoms with Gasteiger partial charge in [-0.3, -0.25) is 9.78 Å². The maximum atomic E-state index is 12.8. The molecule has 0 saturated heterocycles. The van der Waals surface area contributed by atoms with Crippen molar-refractivity contribution < 1.29 is 13.6 Å². The van der Waals surface area contributed by atoms with Crippen molar-refractivity contribution in [1.82, 2.24) is 10.3 Å². The molecule has 0 saturated carbocycles. The molecule has 1 aromatic heterocycles. The van der Waals surface area contributed by atoms with Gasteiger partial charge in [-0.2, -0.15) is 0 Å². The summed E-state index contributed by atoms with van der Waals surface area (Å²) in [5, 5.41) is 9.52. The highest BCUT2D eigenvalue weighted by molar-refractivity contribution is 6.39. The van der Waals surface area contributed by atoms with E-state index in [-0.39, 0.29) is 21.2 Å². The summed E-state index contributed by atoms with van der Waals surface area (Å²) in [4.78, 5) is 15.8. The zero-order valence-corrected chi connectivity index (χ0v) is 11.9. The first-order valence-electron chi connectivity index (χ1n) is 5.44. The molecule has 1 heterocycles. The molecule has 0 spiro atoms. The highest BCUT2D eigenvalue weighted by atomic mass is 35.5. The first kappa shape index (κ1) is 16.5. The van der Waals surface area contributed by atoms with Crippen molar-refractivity contribution >= 4 is 35.2 Å². The Balaban J connectivity index is 3.14. The summed E-state index contributed by atoms with van der Waals surface area (Å²) in [6, 6.07) is 0. The topological polar surface area (TPSA) is 65.8 Å². The number of pyridine rings is 1. The number of hydrogen-bond acceptors (Lipinski definition) is 4. The van der Waals surface area contributed by atoms with E-state index >= 15 is 0 Å². The van der Waals surface area contributed by atoms with Crippen LogP contribution in [0.2, 0.25) is 10.0 Å². The van der Waals surface area contributed by atoms with E-state index in [1.165, 1.54) is 19.4 Å². The van der Waals surface area contributed by atoms with Crippen LogP contribution in [0, 0.1) is 5.41 Å². The van der Waals surface area contributed by atoms with Crippen LogP contribution in [-0.2, 0) is 0 Å². The van der Waals surface area contributed by atoms with Gasteiger partial charge in [0.15, 0.2) is 5.78 Å². The average Bonchev–Trinajstić information content (AvgIpc) is 2.37. The molecule has 108 valence electrons. The number of allylic oxidation sites excluding steroid dienone is 2. The van der Waals surface area contributed by atoms with Crippen LogP contribution in [0.1, 0.15) is 16.8 Å². The van der Waals surface area contributed by atoms with E-state index in [1.54, 1.807) is 0 Å².